The highest BCUT2D eigenvalue weighted by Crippen LogP contribution is 2.18. The normalized spacial score (nSPS) is 13.8. The van der Waals surface area contributed by atoms with Crippen molar-refractivity contribution in [3.05, 3.63) is 59.7 Å². The zero-order valence-corrected chi connectivity index (χ0v) is 16.1. The molecule has 1 fully saturated rings. The molecule has 2 aromatic carbocycles. The number of hydrogen-bond donors (Lipinski definition) is 1. The summed E-state index contributed by atoms with van der Waals surface area (Å²) in [5.41, 5.74) is 1.72. The average molecular weight is 382 g/mol. The number of ether oxygens (including phenoxy) is 2. The Morgan fingerprint density at radius 1 is 0.964 bits per heavy atom. The molecule has 148 valence electrons. The number of rotatable bonds is 7. The monoisotopic (exact) mass is 382 g/mol. The third kappa shape index (κ3) is 5.33. The zero-order valence-electron chi connectivity index (χ0n) is 16.1. The highest BCUT2D eigenvalue weighted by atomic mass is 16.5. The van der Waals surface area contributed by atoms with Gasteiger partial charge in [-0.05, 0) is 61.7 Å². The lowest BCUT2D eigenvalue weighted by Gasteiger charge is -2.26. The number of hydrogen-bond acceptors (Lipinski definition) is 4. The van der Waals surface area contributed by atoms with Crippen molar-refractivity contribution in [2.24, 2.45) is 0 Å². The largest absolute Gasteiger partial charge is 0.491 e. The van der Waals surface area contributed by atoms with Crippen molar-refractivity contribution in [2.75, 3.05) is 38.7 Å². The van der Waals surface area contributed by atoms with Crippen molar-refractivity contribution in [2.45, 2.75) is 19.3 Å². The lowest BCUT2D eigenvalue weighted by molar-refractivity contribution is 0.0724. The molecular weight excluding hydrogens is 356 g/mol. The van der Waals surface area contributed by atoms with E-state index in [2.05, 4.69) is 5.32 Å². The fraction of sp³-hybridized carbons (Fsp3) is 0.364. The summed E-state index contributed by atoms with van der Waals surface area (Å²) in [5.74, 6) is 0.474. The summed E-state index contributed by atoms with van der Waals surface area (Å²) >= 11 is 0. The summed E-state index contributed by atoms with van der Waals surface area (Å²) in [7, 11) is 1.62. The summed E-state index contributed by atoms with van der Waals surface area (Å²) < 4.78 is 10.4. The van der Waals surface area contributed by atoms with Gasteiger partial charge in [0, 0.05) is 37.0 Å². The van der Waals surface area contributed by atoms with Crippen molar-refractivity contribution >= 4 is 17.5 Å². The highest BCUT2D eigenvalue weighted by molar-refractivity contribution is 6.05. The van der Waals surface area contributed by atoms with Gasteiger partial charge in [-0.3, -0.25) is 9.59 Å². The summed E-state index contributed by atoms with van der Waals surface area (Å²) in [6.45, 7) is 2.57. The van der Waals surface area contributed by atoms with Crippen LogP contribution in [0.2, 0.25) is 0 Å². The number of methoxy groups -OCH3 is 1. The average Bonchev–Trinajstić information content (AvgIpc) is 2.74. The highest BCUT2D eigenvalue weighted by Gasteiger charge is 2.18. The number of nitrogens with one attached hydrogen (secondary N) is 1. The van der Waals surface area contributed by atoms with Gasteiger partial charge in [0.2, 0.25) is 0 Å². The Bertz CT molecular complexity index is 798. The van der Waals surface area contributed by atoms with E-state index in [1.807, 2.05) is 4.90 Å². The standard InChI is InChI=1S/C22H26N2O4/c1-27-14-15-28-20-10-8-17(9-11-20)21(25)23-19-7-5-6-18(16-19)22(26)24-12-3-2-4-13-24/h5-11,16H,2-4,12-15H2,1H3,(H,23,25). The van der Waals surface area contributed by atoms with Crippen LogP contribution in [-0.2, 0) is 4.74 Å². The Hall–Kier alpha value is -2.86. The number of carbonyl (C=O) groups is 2. The van der Waals surface area contributed by atoms with Gasteiger partial charge < -0.3 is 19.7 Å². The molecule has 1 aliphatic rings. The first kappa shape index (κ1) is 19.9. The fourth-order valence-corrected chi connectivity index (χ4v) is 3.16. The molecule has 6 nitrogen and oxygen atoms in total. The van der Waals surface area contributed by atoms with Crippen molar-refractivity contribution in [1.29, 1.82) is 0 Å². The first-order valence-corrected chi connectivity index (χ1v) is 9.60. The molecule has 0 bridgehead atoms. The van der Waals surface area contributed by atoms with Gasteiger partial charge in [0.25, 0.3) is 11.8 Å². The van der Waals surface area contributed by atoms with Crippen LogP contribution in [-0.4, -0.2) is 50.1 Å². The topological polar surface area (TPSA) is 67.9 Å². The molecule has 1 heterocycles. The van der Waals surface area contributed by atoms with Crippen LogP contribution in [0.5, 0.6) is 5.75 Å². The first-order valence-electron chi connectivity index (χ1n) is 9.60. The SMILES string of the molecule is COCCOc1ccc(C(=O)Nc2cccc(C(=O)N3CCCCC3)c2)cc1. The number of nitrogens with zero attached hydrogens (tertiary/aromatic N) is 1. The Labute approximate surface area is 165 Å². The van der Waals surface area contributed by atoms with Gasteiger partial charge in [-0.25, -0.2) is 0 Å². The van der Waals surface area contributed by atoms with Crippen molar-refractivity contribution in [3.63, 3.8) is 0 Å². The maximum absolute atomic E-state index is 12.6. The van der Waals surface area contributed by atoms with Crippen molar-refractivity contribution in [1.82, 2.24) is 4.90 Å². The van der Waals surface area contributed by atoms with Crippen molar-refractivity contribution < 1.29 is 19.1 Å². The number of benzene rings is 2. The predicted octanol–water partition coefficient (Wildman–Crippen LogP) is 3.59. The molecular formula is C22H26N2O4. The van der Waals surface area contributed by atoms with Crippen molar-refractivity contribution in [3.8, 4) is 5.75 Å². The van der Waals surface area contributed by atoms with E-state index in [1.54, 1.807) is 55.6 Å². The minimum absolute atomic E-state index is 0.0216. The molecule has 3 rings (SSSR count). The quantitative estimate of drug-likeness (QED) is 0.743. The van der Waals surface area contributed by atoms with Crippen LogP contribution in [0.1, 0.15) is 40.0 Å². The molecule has 1 N–H and O–H groups in total. The van der Waals surface area contributed by atoms with Gasteiger partial charge in [-0.1, -0.05) is 6.07 Å². The minimum atomic E-state index is -0.231. The molecule has 0 saturated carbocycles. The van der Waals surface area contributed by atoms with Crippen LogP contribution in [0.15, 0.2) is 48.5 Å². The molecule has 0 atom stereocenters. The van der Waals surface area contributed by atoms with E-state index in [-0.39, 0.29) is 11.8 Å². The molecule has 1 saturated heterocycles. The number of likely N-dealkylation sites (tertiary alicyclic amines) is 1. The van der Waals surface area contributed by atoms with Gasteiger partial charge in [0.05, 0.1) is 6.61 Å². The molecule has 2 aromatic rings. The van der Waals surface area contributed by atoms with E-state index in [9.17, 15) is 9.59 Å². The van der Waals surface area contributed by atoms with Gasteiger partial charge in [-0.15, -0.1) is 0 Å². The van der Waals surface area contributed by atoms with Crippen LogP contribution in [0.25, 0.3) is 0 Å². The number of carbonyl (C=O) groups excluding carboxylic acids is 2. The molecule has 2 amide bonds. The number of piperidine rings is 1. The summed E-state index contributed by atoms with van der Waals surface area (Å²) in [6, 6.07) is 14.0. The van der Waals surface area contributed by atoms with Crippen LogP contribution < -0.4 is 10.1 Å². The summed E-state index contributed by atoms with van der Waals surface area (Å²) in [6.07, 6.45) is 3.27. The second-order valence-electron chi connectivity index (χ2n) is 6.75. The molecule has 6 heteroatoms. The number of amides is 2. The van der Waals surface area contributed by atoms with Crippen LogP contribution >= 0.6 is 0 Å². The summed E-state index contributed by atoms with van der Waals surface area (Å²) in [4.78, 5) is 27.0. The number of anilines is 1. The van der Waals surface area contributed by atoms with E-state index in [1.165, 1.54) is 6.42 Å². The maximum atomic E-state index is 12.6. The lowest BCUT2D eigenvalue weighted by Crippen LogP contribution is -2.35. The molecule has 28 heavy (non-hydrogen) atoms. The molecule has 0 spiro atoms. The van der Waals surface area contributed by atoms with E-state index in [0.29, 0.717) is 35.8 Å². The second-order valence-corrected chi connectivity index (χ2v) is 6.75. The summed E-state index contributed by atoms with van der Waals surface area (Å²) in [5, 5.41) is 2.86. The van der Waals surface area contributed by atoms with E-state index in [0.717, 1.165) is 25.9 Å². The van der Waals surface area contributed by atoms with Crippen LogP contribution in [0.4, 0.5) is 5.69 Å². The van der Waals surface area contributed by atoms with Gasteiger partial charge in [0.1, 0.15) is 12.4 Å². The minimum Gasteiger partial charge on any atom is -0.491 e. The second kappa shape index (κ2) is 9.90. The molecule has 0 aliphatic carbocycles. The Morgan fingerprint density at radius 3 is 2.43 bits per heavy atom. The molecule has 0 radical (unpaired) electrons. The van der Waals surface area contributed by atoms with Crippen LogP contribution in [0.3, 0.4) is 0 Å². The Balaban J connectivity index is 1.61. The van der Waals surface area contributed by atoms with E-state index < -0.39 is 0 Å². The zero-order chi connectivity index (χ0) is 19.8. The molecule has 1 aliphatic heterocycles. The molecule has 0 unspecified atom stereocenters. The Morgan fingerprint density at radius 2 is 1.71 bits per heavy atom. The predicted molar refractivity (Wildman–Crippen MR) is 108 cm³/mol. The third-order valence-electron chi connectivity index (χ3n) is 4.68. The fourth-order valence-electron chi connectivity index (χ4n) is 3.16. The third-order valence-corrected chi connectivity index (χ3v) is 4.68. The maximum Gasteiger partial charge on any atom is 0.255 e. The Kier molecular flexibility index (Phi) is 7.03. The smallest absolute Gasteiger partial charge is 0.255 e. The van der Waals surface area contributed by atoms with E-state index in [4.69, 9.17) is 9.47 Å². The lowest BCUT2D eigenvalue weighted by atomic mass is 10.1. The molecule has 0 aromatic heterocycles. The first-order chi connectivity index (χ1) is 13.7. The van der Waals surface area contributed by atoms with Gasteiger partial charge in [-0.2, -0.15) is 0 Å². The van der Waals surface area contributed by atoms with Crippen LogP contribution in [0, 0.1) is 0 Å². The van der Waals surface area contributed by atoms with Gasteiger partial charge in [0.15, 0.2) is 0 Å². The van der Waals surface area contributed by atoms with E-state index >= 15 is 0 Å². The van der Waals surface area contributed by atoms with Gasteiger partial charge >= 0.3 is 0 Å².